The summed E-state index contributed by atoms with van der Waals surface area (Å²) in [4.78, 5) is 9.70. The van der Waals surface area contributed by atoms with Crippen LogP contribution in [0.1, 0.15) is 38.2 Å². The first-order chi connectivity index (χ1) is 25.2. The van der Waals surface area contributed by atoms with Crippen molar-refractivity contribution in [3.8, 4) is 22.7 Å². The molecule has 282 valence electrons. The van der Waals surface area contributed by atoms with Crippen LogP contribution in [0.15, 0.2) is 88.0 Å². The quantitative estimate of drug-likeness (QED) is 0.0805. The first-order valence-electron chi connectivity index (χ1n) is 16.4. The standard InChI is InChI=1S/C22H17F6N3O2S.C16H18N3S.Li/c1-4-13(9-12(2)10-29)14-5-7-15(8-6-14)34(32,33)20-17(21(23,24)25)16(11-30)19(31-3)18(20)22(26,27)28;1-18(2)11-5-7-13-15(9-11)20-16-10-12(19(3)4)6-8-14(16)17-13;/h5-8,12-13,20H,4,9H2,1-2H3;5-10H,1-4H3;/q;2*+1. The number of nitrogens with zero attached hydrogens (tertiary/aromatic N) is 6. The molecule has 0 amide bonds. The van der Waals surface area contributed by atoms with E-state index in [1.165, 1.54) is 32.8 Å². The molecule has 3 atom stereocenters. The molecule has 0 aromatic heterocycles. The Labute approximate surface area is 331 Å². The summed E-state index contributed by atoms with van der Waals surface area (Å²) >= 11 is 1.80. The second-order valence-corrected chi connectivity index (χ2v) is 16.1. The Morgan fingerprint density at radius 1 is 0.982 bits per heavy atom. The smallest absolute Gasteiger partial charge is 0.378 e. The number of aromatic nitrogens is 1. The van der Waals surface area contributed by atoms with Gasteiger partial charge in [-0.15, -0.1) is 11.3 Å². The third kappa shape index (κ3) is 9.60. The van der Waals surface area contributed by atoms with Crippen LogP contribution in [0.4, 0.5) is 32.0 Å². The summed E-state index contributed by atoms with van der Waals surface area (Å²) in [7, 11) is 2.87. The topological polar surface area (TPSA) is 105 Å². The number of sulfone groups is 1. The number of rotatable bonds is 7. The van der Waals surface area contributed by atoms with E-state index in [4.69, 9.17) is 22.1 Å². The Bertz CT molecular complexity index is 2370. The predicted molar refractivity (Wildman–Crippen MR) is 196 cm³/mol. The Hall–Kier alpha value is -4.64. The van der Waals surface area contributed by atoms with Crippen molar-refractivity contribution in [3.63, 3.8) is 0 Å². The van der Waals surface area contributed by atoms with Gasteiger partial charge in [0, 0.05) is 37.8 Å². The zero-order valence-corrected chi connectivity index (χ0v) is 32.6. The van der Waals surface area contributed by atoms with Gasteiger partial charge in [-0.1, -0.05) is 19.1 Å². The zero-order chi connectivity index (χ0) is 40.3. The molecular weight excluding hydrogens is 758 g/mol. The van der Waals surface area contributed by atoms with Crippen LogP contribution < -0.4 is 33.7 Å². The van der Waals surface area contributed by atoms with Crippen LogP contribution in [0, 0.1) is 35.2 Å². The van der Waals surface area contributed by atoms with Crippen LogP contribution in [0.3, 0.4) is 0 Å². The van der Waals surface area contributed by atoms with Gasteiger partial charge in [-0.2, -0.15) is 36.9 Å². The molecule has 55 heavy (non-hydrogen) atoms. The van der Waals surface area contributed by atoms with E-state index < -0.39 is 54.8 Å². The summed E-state index contributed by atoms with van der Waals surface area (Å²) in [5.74, 6) is -0.518. The van der Waals surface area contributed by atoms with E-state index in [0.29, 0.717) is 18.4 Å². The number of nitriles is 2. The van der Waals surface area contributed by atoms with Gasteiger partial charge in [-0.05, 0) is 67.6 Å². The van der Waals surface area contributed by atoms with E-state index >= 15 is 0 Å². The Morgan fingerprint density at radius 3 is 2.09 bits per heavy atom. The molecular formula is C38H35F6LiN6O2S2+2. The number of hydrogen-bond donors (Lipinski definition) is 0. The van der Waals surface area contributed by atoms with Crippen LogP contribution in [-0.2, 0) is 9.84 Å². The fourth-order valence-corrected chi connectivity index (χ4v) is 8.95. The van der Waals surface area contributed by atoms with Crippen molar-refractivity contribution in [2.24, 2.45) is 5.92 Å². The van der Waals surface area contributed by atoms with Crippen LogP contribution >= 0.6 is 11.3 Å². The van der Waals surface area contributed by atoms with Crippen LogP contribution in [0.5, 0.6) is 0 Å². The molecule has 1 aliphatic heterocycles. The number of alkyl halides is 6. The molecule has 3 unspecified atom stereocenters. The average molecular weight is 793 g/mol. The molecule has 0 radical (unpaired) electrons. The van der Waals surface area contributed by atoms with E-state index in [-0.39, 0.29) is 30.7 Å². The van der Waals surface area contributed by atoms with E-state index in [9.17, 15) is 34.8 Å². The van der Waals surface area contributed by atoms with Gasteiger partial charge in [-0.25, -0.2) is 22.8 Å². The molecule has 3 aliphatic rings. The van der Waals surface area contributed by atoms with Gasteiger partial charge in [0.25, 0.3) is 0 Å². The van der Waals surface area contributed by atoms with E-state index in [2.05, 4.69) is 85.0 Å². The molecule has 0 bridgehead atoms. The van der Waals surface area contributed by atoms with Gasteiger partial charge in [0.15, 0.2) is 9.84 Å². The van der Waals surface area contributed by atoms with Gasteiger partial charge < -0.3 is 4.90 Å². The molecule has 8 nitrogen and oxygen atoms in total. The zero-order valence-electron chi connectivity index (χ0n) is 31.0. The first-order valence-corrected chi connectivity index (χ1v) is 18.7. The normalized spacial score (nSPS) is 15.6. The average Bonchev–Trinajstić information content (AvgIpc) is 3.50. The minimum absolute atomic E-state index is 0. The van der Waals surface area contributed by atoms with Crippen molar-refractivity contribution in [3.05, 3.63) is 105 Å². The molecule has 0 fully saturated rings. The second kappa shape index (κ2) is 17.4. The van der Waals surface area contributed by atoms with E-state index in [1.807, 2.05) is 6.92 Å². The summed E-state index contributed by atoms with van der Waals surface area (Å²) in [6.45, 7) is 10.4. The van der Waals surface area contributed by atoms with Crippen molar-refractivity contribution in [1.82, 2.24) is 9.56 Å². The van der Waals surface area contributed by atoms with Gasteiger partial charge in [0.1, 0.15) is 19.3 Å². The first kappa shape index (κ1) is 44.8. The minimum Gasteiger partial charge on any atom is -0.378 e. The van der Waals surface area contributed by atoms with E-state index in [0.717, 1.165) is 29.4 Å². The summed E-state index contributed by atoms with van der Waals surface area (Å²) in [5, 5.41) is 16.0. The SMILES string of the molecule is CN(C)c1ccc2nc3ccc(=[N+](C)C)cc-3sc2c1.[C-]#[N+]C1=C(C(F)(F)F)C(S(=O)(=O)c2ccc(C(CC)CC(C)C#N)cc2)C(C(F)(F)F)=C1C#N.[Li+]. The molecule has 0 N–H and O–H groups in total. The maximum absolute atomic E-state index is 13.7. The van der Waals surface area contributed by atoms with E-state index in [1.54, 1.807) is 18.3 Å². The Kier molecular flexibility index (Phi) is 14.2. The third-order valence-electron chi connectivity index (χ3n) is 8.84. The molecule has 5 rings (SSSR count). The monoisotopic (exact) mass is 792 g/mol. The van der Waals surface area contributed by atoms with Crippen molar-refractivity contribution < 1.29 is 53.6 Å². The summed E-state index contributed by atoms with van der Waals surface area (Å²) in [5.41, 5.74) is -3.90. The molecule has 1 heterocycles. The fourth-order valence-electron chi connectivity index (χ4n) is 6.02. The van der Waals surface area contributed by atoms with Gasteiger partial charge in [0.05, 0.1) is 61.1 Å². The van der Waals surface area contributed by atoms with Crippen molar-refractivity contribution >= 4 is 37.1 Å². The third-order valence-corrected chi connectivity index (χ3v) is 12.0. The van der Waals surface area contributed by atoms with Crippen LogP contribution in [0.2, 0.25) is 0 Å². The van der Waals surface area contributed by atoms with Crippen LogP contribution in [-0.4, -0.2) is 59.2 Å². The molecule has 2 aliphatic carbocycles. The summed E-state index contributed by atoms with van der Waals surface area (Å²) in [6, 6.07) is 20.2. The molecule has 0 saturated heterocycles. The van der Waals surface area contributed by atoms with Gasteiger partial charge in [-0.3, -0.25) is 0 Å². The summed E-state index contributed by atoms with van der Waals surface area (Å²) < 4.78 is 112. The Balaban J connectivity index is 0.000000327. The molecule has 2 aromatic rings. The van der Waals surface area contributed by atoms with Crippen LogP contribution in [0.25, 0.3) is 25.6 Å². The minimum atomic E-state index is -5.62. The van der Waals surface area contributed by atoms with Crippen molar-refractivity contribution in [2.75, 3.05) is 33.1 Å². The molecule has 2 aromatic carbocycles. The largest absolute Gasteiger partial charge is 1.00 e. The number of allylic oxidation sites excluding steroid dienone is 1. The predicted octanol–water partition coefficient (Wildman–Crippen LogP) is 5.51. The number of benzene rings is 3. The van der Waals surface area contributed by atoms with Gasteiger partial charge in [0.2, 0.25) is 11.1 Å². The van der Waals surface area contributed by atoms with Crippen molar-refractivity contribution in [1.29, 1.82) is 10.5 Å². The molecule has 0 saturated carbocycles. The second-order valence-electron chi connectivity index (χ2n) is 12.9. The molecule has 17 heteroatoms. The summed E-state index contributed by atoms with van der Waals surface area (Å²) in [6.07, 6.45) is -10.3. The maximum Gasteiger partial charge on any atom is 1.00 e. The number of anilines is 1. The number of halogens is 6. The maximum atomic E-state index is 13.7. The van der Waals surface area contributed by atoms with Crippen molar-refractivity contribution in [2.45, 2.75) is 55.1 Å². The molecule has 0 spiro atoms. The number of fused-ring (bicyclic) bond motifs is 2. The van der Waals surface area contributed by atoms with Gasteiger partial charge >= 0.3 is 31.2 Å². The Morgan fingerprint density at radius 2 is 1.60 bits per heavy atom. The number of hydrogen-bond acceptors (Lipinski definition) is 7. The fraction of sp³-hybridized carbons (Fsp3) is 0.342.